The van der Waals surface area contributed by atoms with E-state index in [0.29, 0.717) is 17.5 Å². The van der Waals surface area contributed by atoms with Crippen molar-refractivity contribution in [1.82, 2.24) is 15.0 Å². The number of para-hydroxylation sites is 1. The number of fused-ring (bicyclic) bond motifs is 6. The largest absolute Gasteiger partial charge is 0.455 e. The topological polar surface area (TPSA) is 51.8 Å². The quantitative estimate of drug-likeness (QED) is 0.171. The molecule has 0 fully saturated rings. The number of thiophene rings is 1. The van der Waals surface area contributed by atoms with Crippen molar-refractivity contribution < 1.29 is 4.42 Å². The smallest absolute Gasteiger partial charge is 0.164 e. The Hall–Kier alpha value is -7.21. The minimum atomic E-state index is 0.624. The van der Waals surface area contributed by atoms with E-state index >= 15 is 0 Å². The van der Waals surface area contributed by atoms with Crippen LogP contribution in [0.3, 0.4) is 0 Å². The molecule has 0 saturated carbocycles. The lowest BCUT2D eigenvalue weighted by Crippen LogP contribution is -2.00. The number of benzene rings is 8. The van der Waals surface area contributed by atoms with Gasteiger partial charge in [-0.25, -0.2) is 15.0 Å². The zero-order valence-electron chi connectivity index (χ0n) is 30.1. The molecule has 0 aliphatic rings. The first-order valence-corrected chi connectivity index (χ1v) is 19.5. The van der Waals surface area contributed by atoms with E-state index in [1.807, 2.05) is 53.8 Å². The summed E-state index contributed by atoms with van der Waals surface area (Å²) in [6.45, 7) is 0. The van der Waals surface area contributed by atoms with Crippen LogP contribution in [0.5, 0.6) is 0 Å². The highest BCUT2D eigenvalue weighted by Gasteiger charge is 2.19. The van der Waals surface area contributed by atoms with Gasteiger partial charge in [-0.05, 0) is 52.1 Å². The van der Waals surface area contributed by atoms with E-state index in [0.717, 1.165) is 66.4 Å². The van der Waals surface area contributed by atoms with E-state index in [1.165, 1.54) is 25.7 Å². The molecule has 0 saturated heterocycles. The Morgan fingerprint density at radius 2 is 0.821 bits per heavy atom. The van der Waals surface area contributed by atoms with Crippen LogP contribution in [0.15, 0.2) is 192 Å². The number of furan rings is 1. The van der Waals surface area contributed by atoms with Crippen molar-refractivity contribution >= 4 is 53.4 Å². The third-order valence-electron chi connectivity index (χ3n) is 10.6. The Kier molecular flexibility index (Phi) is 7.64. The van der Waals surface area contributed by atoms with Crippen LogP contribution in [0.2, 0.25) is 0 Å². The van der Waals surface area contributed by atoms with Gasteiger partial charge in [0.15, 0.2) is 17.5 Å². The van der Waals surface area contributed by atoms with E-state index in [1.54, 1.807) is 0 Å². The second kappa shape index (κ2) is 13.3. The van der Waals surface area contributed by atoms with Crippen LogP contribution in [0, 0.1) is 0 Å². The van der Waals surface area contributed by atoms with Crippen molar-refractivity contribution in [1.29, 1.82) is 0 Å². The summed E-state index contributed by atoms with van der Waals surface area (Å²) in [7, 11) is 0. The molecule has 3 heterocycles. The third-order valence-corrected chi connectivity index (χ3v) is 11.7. The lowest BCUT2D eigenvalue weighted by molar-refractivity contribution is 0.670. The van der Waals surface area contributed by atoms with Crippen molar-refractivity contribution in [3.05, 3.63) is 188 Å². The number of hydrogen-bond acceptors (Lipinski definition) is 5. The zero-order valence-corrected chi connectivity index (χ0v) is 30.9. The van der Waals surface area contributed by atoms with Crippen LogP contribution in [0.25, 0.3) is 110 Å². The average molecular weight is 734 g/mol. The molecule has 0 spiro atoms. The molecule has 0 radical (unpaired) electrons. The predicted molar refractivity (Wildman–Crippen MR) is 233 cm³/mol. The van der Waals surface area contributed by atoms with Gasteiger partial charge in [-0.2, -0.15) is 0 Å². The number of aromatic nitrogens is 3. The molecule has 0 unspecified atom stereocenters. The molecule has 262 valence electrons. The van der Waals surface area contributed by atoms with Crippen LogP contribution < -0.4 is 0 Å². The number of hydrogen-bond donors (Lipinski definition) is 0. The molecule has 0 aliphatic carbocycles. The third kappa shape index (κ3) is 5.56. The van der Waals surface area contributed by atoms with Gasteiger partial charge >= 0.3 is 0 Å². The summed E-state index contributed by atoms with van der Waals surface area (Å²) in [6, 6.07) is 65.6. The summed E-state index contributed by atoms with van der Waals surface area (Å²) < 4.78 is 9.26. The number of nitrogens with zero attached hydrogens (tertiary/aromatic N) is 3. The van der Waals surface area contributed by atoms with Crippen LogP contribution >= 0.6 is 11.3 Å². The van der Waals surface area contributed by atoms with Crippen LogP contribution in [0.4, 0.5) is 0 Å². The molecule has 0 aliphatic heterocycles. The van der Waals surface area contributed by atoms with Crippen LogP contribution in [0.1, 0.15) is 0 Å². The van der Waals surface area contributed by atoms with Gasteiger partial charge in [0.25, 0.3) is 0 Å². The molecular weight excluding hydrogens is 703 g/mol. The molecule has 56 heavy (non-hydrogen) atoms. The van der Waals surface area contributed by atoms with Crippen LogP contribution in [-0.4, -0.2) is 15.0 Å². The molecule has 5 heteroatoms. The predicted octanol–water partition coefficient (Wildman–Crippen LogP) is 14.1. The number of rotatable bonds is 6. The zero-order chi connectivity index (χ0) is 37.0. The first kappa shape index (κ1) is 32.2. The summed E-state index contributed by atoms with van der Waals surface area (Å²) in [5.74, 6) is 1.89. The fourth-order valence-electron chi connectivity index (χ4n) is 7.78. The minimum Gasteiger partial charge on any atom is -0.455 e. The fourth-order valence-corrected chi connectivity index (χ4v) is 8.93. The highest BCUT2D eigenvalue weighted by atomic mass is 32.1. The van der Waals surface area contributed by atoms with Gasteiger partial charge in [-0.3, -0.25) is 0 Å². The maximum absolute atomic E-state index is 6.68. The average Bonchev–Trinajstić information content (AvgIpc) is 3.85. The lowest BCUT2D eigenvalue weighted by Gasteiger charge is -2.11. The van der Waals surface area contributed by atoms with Gasteiger partial charge in [0.1, 0.15) is 11.2 Å². The Balaban J connectivity index is 1.00. The van der Waals surface area contributed by atoms with E-state index in [2.05, 4.69) is 146 Å². The second-order valence-corrected chi connectivity index (χ2v) is 15.0. The Morgan fingerprint density at radius 3 is 1.52 bits per heavy atom. The van der Waals surface area contributed by atoms with Gasteiger partial charge in [0, 0.05) is 53.2 Å². The first-order valence-electron chi connectivity index (χ1n) is 18.7. The maximum atomic E-state index is 6.68. The summed E-state index contributed by atoms with van der Waals surface area (Å²) in [5, 5.41) is 4.79. The maximum Gasteiger partial charge on any atom is 0.164 e. The van der Waals surface area contributed by atoms with Crippen LogP contribution in [-0.2, 0) is 0 Å². The highest BCUT2D eigenvalue weighted by molar-refractivity contribution is 7.25. The first-order chi connectivity index (χ1) is 27.7. The molecule has 0 N–H and O–H groups in total. The minimum absolute atomic E-state index is 0.624. The molecule has 3 aromatic heterocycles. The Morgan fingerprint density at radius 1 is 0.339 bits per heavy atom. The van der Waals surface area contributed by atoms with Crippen molar-refractivity contribution in [2.24, 2.45) is 0 Å². The van der Waals surface area contributed by atoms with Gasteiger partial charge in [0.2, 0.25) is 0 Å². The molecule has 0 bridgehead atoms. The molecule has 4 nitrogen and oxygen atoms in total. The van der Waals surface area contributed by atoms with E-state index < -0.39 is 0 Å². The molecular formula is C51H31N3OS. The Bertz CT molecular complexity index is 3220. The van der Waals surface area contributed by atoms with Crippen molar-refractivity contribution in [2.75, 3.05) is 0 Å². The van der Waals surface area contributed by atoms with E-state index in [-0.39, 0.29) is 0 Å². The summed E-state index contributed by atoms with van der Waals surface area (Å²) in [5.41, 5.74) is 11.3. The monoisotopic (exact) mass is 733 g/mol. The SMILES string of the molecule is c1ccc(-c2ccc(-c3nc(-c4ccccc4)nc(-c4ccc(-c5ccc(-c6ccc7c(c6)sc6ccccc67)c6oc7ccccc7c56)cc4)n3)cc2)cc1. The van der Waals surface area contributed by atoms with Gasteiger partial charge < -0.3 is 4.42 Å². The van der Waals surface area contributed by atoms with Gasteiger partial charge in [0.05, 0.1) is 0 Å². The highest BCUT2D eigenvalue weighted by Crippen LogP contribution is 2.44. The molecule has 11 rings (SSSR count). The standard InChI is InChI=1S/C51H31N3OS/c1-3-11-32(12-4-1)33-19-23-36(24-20-33)50-52-49(35-13-5-2-6-14-35)53-51(54-50)37-25-21-34(22-26-37)39-29-30-40(48-47(39)43-16-7-9-17-44(43)55-48)38-27-28-42-41-15-8-10-18-45(41)56-46(42)31-38/h1-31H. The van der Waals surface area contributed by atoms with Gasteiger partial charge in [-0.15, -0.1) is 11.3 Å². The summed E-state index contributed by atoms with van der Waals surface area (Å²) in [4.78, 5) is 15.0. The molecule has 0 atom stereocenters. The van der Waals surface area contributed by atoms with E-state index in [4.69, 9.17) is 19.4 Å². The Labute approximate surface area is 327 Å². The molecule has 0 amide bonds. The summed E-state index contributed by atoms with van der Waals surface area (Å²) >= 11 is 1.83. The van der Waals surface area contributed by atoms with Gasteiger partial charge in [-0.1, -0.05) is 164 Å². The van der Waals surface area contributed by atoms with Crippen molar-refractivity contribution in [2.45, 2.75) is 0 Å². The fraction of sp³-hybridized carbons (Fsp3) is 0. The molecule has 11 aromatic rings. The molecule has 8 aromatic carbocycles. The second-order valence-electron chi connectivity index (χ2n) is 14.0. The van der Waals surface area contributed by atoms with Crippen molar-refractivity contribution in [3.8, 4) is 67.5 Å². The van der Waals surface area contributed by atoms with Crippen molar-refractivity contribution in [3.63, 3.8) is 0 Å². The summed E-state index contributed by atoms with van der Waals surface area (Å²) in [6.07, 6.45) is 0. The lowest BCUT2D eigenvalue weighted by atomic mass is 9.94. The normalized spacial score (nSPS) is 11.6. The van der Waals surface area contributed by atoms with E-state index in [9.17, 15) is 0 Å².